The number of nitrogens with zero attached hydrogens (tertiary/aromatic N) is 1. The molecule has 1 aromatic carbocycles. The van der Waals surface area contributed by atoms with Crippen molar-refractivity contribution in [3.63, 3.8) is 0 Å². The maximum absolute atomic E-state index is 13.3. The van der Waals surface area contributed by atoms with E-state index >= 15 is 0 Å². The highest BCUT2D eigenvalue weighted by molar-refractivity contribution is 5.27. The lowest BCUT2D eigenvalue weighted by Crippen LogP contribution is -2.12. The lowest BCUT2D eigenvalue weighted by molar-refractivity contribution is 0.241. The Bertz CT molecular complexity index is 738. The molecule has 2 aromatic rings. The summed E-state index contributed by atoms with van der Waals surface area (Å²) in [6.45, 7) is -1.59. The molecule has 0 unspecified atom stereocenters. The Balaban J connectivity index is 2.44. The third kappa shape index (κ3) is 2.78. The van der Waals surface area contributed by atoms with E-state index in [-0.39, 0.29) is 0 Å². The second kappa shape index (κ2) is 5.97. The molecule has 0 amide bonds. The lowest BCUT2D eigenvalue weighted by Gasteiger charge is -2.11. The first-order chi connectivity index (χ1) is 10.7. The predicted molar refractivity (Wildman–Crippen MR) is 54.6 cm³/mol. The van der Waals surface area contributed by atoms with Gasteiger partial charge in [-0.1, -0.05) is 0 Å². The standard InChI is InChI=1S/C12H2F9NO/c13-3-2(4(14)6(16)7(17)5(3)15)1-23-10-8(18)11(20)22-12(21)9(10)19/h1H2. The van der Waals surface area contributed by atoms with Gasteiger partial charge in [-0.3, -0.25) is 0 Å². The molecule has 124 valence electrons. The van der Waals surface area contributed by atoms with Gasteiger partial charge in [0.1, 0.15) is 6.61 Å². The van der Waals surface area contributed by atoms with Crippen LogP contribution in [-0.4, -0.2) is 4.98 Å². The third-order valence-corrected chi connectivity index (χ3v) is 2.62. The topological polar surface area (TPSA) is 22.1 Å². The summed E-state index contributed by atoms with van der Waals surface area (Å²) in [5.74, 6) is -22.1. The fraction of sp³-hybridized carbons (Fsp3) is 0.0833. The van der Waals surface area contributed by atoms with Crippen molar-refractivity contribution in [1.29, 1.82) is 0 Å². The summed E-state index contributed by atoms with van der Waals surface area (Å²) in [7, 11) is 0. The molecule has 23 heavy (non-hydrogen) atoms. The molecule has 0 spiro atoms. The highest BCUT2D eigenvalue weighted by atomic mass is 19.2. The first kappa shape index (κ1) is 16.9. The summed E-state index contributed by atoms with van der Waals surface area (Å²) in [6, 6.07) is 0. The molecule has 0 atom stereocenters. The summed E-state index contributed by atoms with van der Waals surface area (Å²) in [6.07, 6.45) is 0. The number of aromatic nitrogens is 1. The average Bonchev–Trinajstić information content (AvgIpc) is 2.52. The molecule has 0 aliphatic heterocycles. The molecule has 0 radical (unpaired) electrons. The van der Waals surface area contributed by atoms with E-state index in [0.717, 1.165) is 0 Å². The summed E-state index contributed by atoms with van der Waals surface area (Å²) in [4.78, 5) is 2.18. The minimum absolute atomic E-state index is 1.59. The van der Waals surface area contributed by atoms with Crippen LogP contribution in [0.25, 0.3) is 0 Å². The summed E-state index contributed by atoms with van der Waals surface area (Å²) in [5.41, 5.74) is -1.59. The van der Waals surface area contributed by atoms with E-state index in [1.165, 1.54) is 0 Å². The largest absolute Gasteiger partial charge is 0.482 e. The predicted octanol–water partition coefficient (Wildman–Crippen LogP) is 3.91. The van der Waals surface area contributed by atoms with E-state index in [2.05, 4.69) is 9.72 Å². The van der Waals surface area contributed by atoms with Crippen LogP contribution in [0.15, 0.2) is 0 Å². The van der Waals surface area contributed by atoms with Crippen LogP contribution in [0.4, 0.5) is 39.5 Å². The fourth-order valence-electron chi connectivity index (χ4n) is 1.52. The van der Waals surface area contributed by atoms with E-state index in [4.69, 9.17) is 0 Å². The Morgan fingerprint density at radius 1 is 0.565 bits per heavy atom. The Morgan fingerprint density at radius 2 is 0.957 bits per heavy atom. The Hall–Kier alpha value is -2.46. The SMILES string of the molecule is Fc1nc(F)c(F)c(OCc2c(F)c(F)c(F)c(F)c2F)c1F. The van der Waals surface area contributed by atoms with Gasteiger partial charge in [-0.15, -0.1) is 0 Å². The van der Waals surface area contributed by atoms with Gasteiger partial charge >= 0.3 is 0 Å². The second-order valence-electron chi connectivity index (χ2n) is 3.99. The number of pyridine rings is 1. The monoisotopic (exact) mass is 347 g/mol. The van der Waals surface area contributed by atoms with Crippen molar-refractivity contribution in [3.8, 4) is 5.75 Å². The Morgan fingerprint density at radius 3 is 1.39 bits per heavy atom. The van der Waals surface area contributed by atoms with E-state index < -0.39 is 70.5 Å². The zero-order valence-electron chi connectivity index (χ0n) is 10.5. The van der Waals surface area contributed by atoms with Crippen LogP contribution < -0.4 is 4.74 Å². The molecule has 0 saturated carbocycles. The smallest absolute Gasteiger partial charge is 0.255 e. The normalized spacial score (nSPS) is 11.0. The van der Waals surface area contributed by atoms with E-state index in [1.807, 2.05) is 0 Å². The lowest BCUT2D eigenvalue weighted by atomic mass is 10.2. The third-order valence-electron chi connectivity index (χ3n) is 2.62. The van der Waals surface area contributed by atoms with Crippen molar-refractivity contribution in [2.75, 3.05) is 0 Å². The van der Waals surface area contributed by atoms with Gasteiger partial charge < -0.3 is 4.74 Å². The van der Waals surface area contributed by atoms with Crippen LogP contribution in [-0.2, 0) is 6.61 Å². The summed E-state index contributed by atoms with van der Waals surface area (Å²) >= 11 is 0. The number of benzene rings is 1. The van der Waals surface area contributed by atoms with Crippen LogP contribution in [0, 0.1) is 52.6 Å². The second-order valence-corrected chi connectivity index (χ2v) is 3.99. The van der Waals surface area contributed by atoms with Gasteiger partial charge in [0, 0.05) is 0 Å². The highest BCUT2D eigenvalue weighted by Gasteiger charge is 2.28. The van der Waals surface area contributed by atoms with Gasteiger partial charge in [0.2, 0.25) is 23.2 Å². The number of hydrogen-bond donors (Lipinski definition) is 0. The van der Waals surface area contributed by atoms with Crippen LogP contribution in [0.2, 0.25) is 0 Å². The molecule has 0 N–H and O–H groups in total. The molecule has 0 fully saturated rings. The summed E-state index contributed by atoms with van der Waals surface area (Å²) < 4.78 is 121. The van der Waals surface area contributed by atoms with Crippen molar-refractivity contribution in [1.82, 2.24) is 4.98 Å². The molecule has 2 rings (SSSR count). The number of ether oxygens (including phenoxy) is 1. The maximum Gasteiger partial charge on any atom is 0.255 e. The van der Waals surface area contributed by atoms with Gasteiger partial charge in [-0.2, -0.15) is 22.5 Å². The minimum Gasteiger partial charge on any atom is -0.482 e. The van der Waals surface area contributed by atoms with Crippen molar-refractivity contribution in [2.45, 2.75) is 6.61 Å². The fourth-order valence-corrected chi connectivity index (χ4v) is 1.52. The zero-order chi connectivity index (χ0) is 17.5. The molecular formula is C12H2F9NO. The molecular weight excluding hydrogens is 345 g/mol. The van der Waals surface area contributed by atoms with Crippen LogP contribution >= 0.6 is 0 Å². The summed E-state index contributed by atoms with van der Waals surface area (Å²) in [5, 5.41) is 0. The molecule has 1 aromatic heterocycles. The number of hydrogen-bond acceptors (Lipinski definition) is 2. The van der Waals surface area contributed by atoms with Crippen LogP contribution in [0.3, 0.4) is 0 Å². The van der Waals surface area contributed by atoms with E-state index in [0.29, 0.717) is 0 Å². The quantitative estimate of drug-likeness (QED) is 0.364. The van der Waals surface area contributed by atoms with Gasteiger partial charge in [0.25, 0.3) is 11.9 Å². The van der Waals surface area contributed by atoms with Gasteiger partial charge in [-0.25, -0.2) is 22.0 Å². The number of rotatable bonds is 3. The van der Waals surface area contributed by atoms with Gasteiger partial charge in [-0.05, 0) is 0 Å². The Kier molecular flexibility index (Phi) is 4.39. The van der Waals surface area contributed by atoms with Gasteiger partial charge in [0.15, 0.2) is 23.3 Å². The minimum atomic E-state index is -2.46. The molecule has 0 aliphatic carbocycles. The van der Waals surface area contributed by atoms with Crippen molar-refractivity contribution in [3.05, 3.63) is 58.2 Å². The van der Waals surface area contributed by atoms with Crippen molar-refractivity contribution >= 4 is 0 Å². The van der Waals surface area contributed by atoms with E-state index in [9.17, 15) is 39.5 Å². The maximum atomic E-state index is 13.3. The molecule has 0 saturated heterocycles. The van der Waals surface area contributed by atoms with Gasteiger partial charge in [0.05, 0.1) is 5.56 Å². The van der Waals surface area contributed by atoms with Crippen molar-refractivity contribution < 1.29 is 44.3 Å². The zero-order valence-corrected chi connectivity index (χ0v) is 10.5. The van der Waals surface area contributed by atoms with E-state index in [1.54, 1.807) is 0 Å². The average molecular weight is 347 g/mol. The first-order valence-electron chi connectivity index (χ1n) is 5.49. The highest BCUT2D eigenvalue weighted by Crippen LogP contribution is 2.28. The number of halogens is 9. The molecule has 0 bridgehead atoms. The van der Waals surface area contributed by atoms with Crippen LogP contribution in [0.1, 0.15) is 5.56 Å². The van der Waals surface area contributed by atoms with Crippen molar-refractivity contribution in [2.24, 2.45) is 0 Å². The molecule has 11 heteroatoms. The first-order valence-corrected chi connectivity index (χ1v) is 5.49. The molecule has 1 heterocycles. The van der Waals surface area contributed by atoms with Crippen LogP contribution in [0.5, 0.6) is 5.75 Å². The molecule has 0 aliphatic rings. The molecule has 2 nitrogen and oxygen atoms in total. The Labute approximate surface area is 121 Å².